The lowest BCUT2D eigenvalue weighted by Gasteiger charge is -2.24. The molecule has 9 heteroatoms. The molecule has 4 rings (SSSR count). The van der Waals surface area contributed by atoms with E-state index < -0.39 is 23.8 Å². The third-order valence-corrected chi connectivity index (χ3v) is 5.92. The van der Waals surface area contributed by atoms with Crippen LogP contribution in [0.25, 0.3) is 0 Å². The predicted octanol–water partition coefficient (Wildman–Crippen LogP) is 1.49. The number of cyclic esters (lactones) is 1. The molecule has 1 unspecified atom stereocenters. The van der Waals surface area contributed by atoms with Crippen molar-refractivity contribution in [3.8, 4) is 0 Å². The number of anilines is 2. The van der Waals surface area contributed by atoms with Crippen LogP contribution in [0, 0.1) is 29.4 Å². The minimum absolute atomic E-state index is 0.0685. The number of carbonyl (C=O) groups excluding carboxylic acids is 2. The molecule has 0 bridgehead atoms. The third-order valence-electron chi connectivity index (χ3n) is 5.92. The summed E-state index contributed by atoms with van der Waals surface area (Å²) in [5.41, 5.74) is 0.0256. The van der Waals surface area contributed by atoms with Crippen molar-refractivity contribution < 1.29 is 28.2 Å². The van der Waals surface area contributed by atoms with E-state index in [1.165, 1.54) is 11.8 Å². The summed E-state index contributed by atoms with van der Waals surface area (Å²) in [7, 11) is 0. The Labute approximate surface area is 161 Å². The van der Waals surface area contributed by atoms with E-state index in [-0.39, 0.29) is 37.0 Å². The fourth-order valence-corrected chi connectivity index (χ4v) is 4.52. The molecule has 2 amide bonds. The zero-order valence-corrected chi connectivity index (χ0v) is 15.5. The summed E-state index contributed by atoms with van der Waals surface area (Å²) in [4.78, 5) is 25.9. The first-order chi connectivity index (χ1) is 13.4. The van der Waals surface area contributed by atoms with Crippen molar-refractivity contribution in [1.82, 2.24) is 5.32 Å². The number of benzene rings is 1. The van der Waals surface area contributed by atoms with Crippen LogP contribution in [0.3, 0.4) is 0 Å². The van der Waals surface area contributed by atoms with E-state index >= 15 is 0 Å². The fourth-order valence-electron chi connectivity index (χ4n) is 4.52. The van der Waals surface area contributed by atoms with Crippen molar-refractivity contribution >= 4 is 23.4 Å². The van der Waals surface area contributed by atoms with E-state index in [0.29, 0.717) is 30.8 Å². The largest absolute Gasteiger partial charge is 0.442 e. The smallest absolute Gasteiger partial charge is 0.414 e. The highest BCUT2D eigenvalue weighted by Crippen LogP contribution is 2.54. The molecule has 3 fully saturated rings. The van der Waals surface area contributed by atoms with Gasteiger partial charge in [-0.25, -0.2) is 13.6 Å². The molecule has 7 nitrogen and oxygen atoms in total. The molecule has 152 valence electrons. The summed E-state index contributed by atoms with van der Waals surface area (Å²) in [6.07, 6.45) is -0.531. The topological polar surface area (TPSA) is 82.1 Å². The van der Waals surface area contributed by atoms with Crippen molar-refractivity contribution in [1.29, 1.82) is 0 Å². The molecule has 0 spiro atoms. The number of piperidine rings is 1. The zero-order chi connectivity index (χ0) is 20.0. The highest BCUT2D eigenvalue weighted by Gasteiger charge is 2.55. The second-order valence-electron chi connectivity index (χ2n) is 7.72. The molecule has 0 aromatic heterocycles. The molecule has 28 heavy (non-hydrogen) atoms. The Morgan fingerprint density at radius 2 is 1.89 bits per heavy atom. The second kappa shape index (κ2) is 7.20. The van der Waals surface area contributed by atoms with Gasteiger partial charge in [0.05, 0.1) is 18.8 Å². The van der Waals surface area contributed by atoms with Gasteiger partial charge in [0.1, 0.15) is 11.8 Å². The van der Waals surface area contributed by atoms with Gasteiger partial charge in [0, 0.05) is 38.8 Å². The Balaban J connectivity index is 1.45. The molecule has 3 aliphatic rings. The van der Waals surface area contributed by atoms with Crippen LogP contribution in [0.5, 0.6) is 0 Å². The molecule has 1 aromatic carbocycles. The summed E-state index contributed by atoms with van der Waals surface area (Å²) >= 11 is 0. The average molecular weight is 395 g/mol. The average Bonchev–Trinajstić information content (AvgIpc) is 2.96. The number of fused-ring (bicyclic) bond motifs is 1. The number of amides is 2. The molecule has 1 aromatic rings. The number of halogens is 2. The van der Waals surface area contributed by atoms with Crippen LogP contribution in [0.15, 0.2) is 12.1 Å². The maximum Gasteiger partial charge on any atom is 0.414 e. The van der Waals surface area contributed by atoms with Crippen molar-refractivity contribution in [2.24, 2.45) is 17.8 Å². The Hall–Kier alpha value is -2.42. The standard InChI is InChI=1S/C19H23F2N3O4/c1-10(26)22-6-12-7-24(19(27)28-12)11-4-16(20)18(17(21)5-11)23-8-14-13(2-3-25)15(14)9-23/h4-5,12-15,25H,2-3,6-9H2,1H3,(H,22,26)/t12-,13?,14-,15+/m0/s1. The van der Waals surface area contributed by atoms with Crippen molar-refractivity contribution in [2.45, 2.75) is 19.4 Å². The lowest BCUT2D eigenvalue weighted by molar-refractivity contribution is -0.119. The van der Waals surface area contributed by atoms with E-state index in [1.807, 2.05) is 0 Å². The van der Waals surface area contributed by atoms with Crippen LogP contribution >= 0.6 is 0 Å². The monoisotopic (exact) mass is 395 g/mol. The maximum absolute atomic E-state index is 14.7. The van der Waals surface area contributed by atoms with Gasteiger partial charge in [-0.3, -0.25) is 9.69 Å². The highest BCUT2D eigenvalue weighted by molar-refractivity contribution is 5.90. The summed E-state index contributed by atoms with van der Waals surface area (Å²) in [6.45, 7) is 2.90. The minimum atomic E-state index is -0.715. The van der Waals surface area contributed by atoms with E-state index in [0.717, 1.165) is 18.6 Å². The maximum atomic E-state index is 14.7. The summed E-state index contributed by atoms with van der Waals surface area (Å²) < 4.78 is 34.6. The van der Waals surface area contributed by atoms with Crippen molar-refractivity contribution in [3.63, 3.8) is 0 Å². The van der Waals surface area contributed by atoms with Gasteiger partial charge in [0.25, 0.3) is 0 Å². The van der Waals surface area contributed by atoms with Crippen LogP contribution in [-0.2, 0) is 9.53 Å². The molecular formula is C19H23F2N3O4. The van der Waals surface area contributed by atoms with Gasteiger partial charge < -0.3 is 20.1 Å². The Morgan fingerprint density at radius 1 is 1.25 bits per heavy atom. The van der Waals surface area contributed by atoms with Gasteiger partial charge in [0.2, 0.25) is 5.91 Å². The number of aliphatic hydroxyl groups excluding tert-OH is 1. The third kappa shape index (κ3) is 3.39. The van der Waals surface area contributed by atoms with Gasteiger partial charge in [0.15, 0.2) is 11.6 Å². The normalized spacial score (nSPS) is 28.4. The SMILES string of the molecule is CC(=O)NC[C@H]1CN(c2cc(F)c(N3C[C@@H]4C(CCO)[C@@H]4C3)c(F)c2)C(=O)O1. The number of nitrogens with one attached hydrogen (secondary N) is 1. The number of rotatable bonds is 6. The molecule has 4 atom stereocenters. The van der Waals surface area contributed by atoms with Crippen LogP contribution in [0.2, 0.25) is 0 Å². The van der Waals surface area contributed by atoms with Gasteiger partial charge in [-0.2, -0.15) is 0 Å². The molecule has 2 aliphatic heterocycles. The van der Waals surface area contributed by atoms with E-state index in [2.05, 4.69) is 5.32 Å². The summed E-state index contributed by atoms with van der Waals surface area (Å²) in [5, 5.41) is 11.6. The van der Waals surface area contributed by atoms with Crippen LogP contribution < -0.4 is 15.1 Å². The van der Waals surface area contributed by atoms with Gasteiger partial charge >= 0.3 is 6.09 Å². The molecule has 2 heterocycles. The molecule has 0 radical (unpaired) electrons. The number of hydrogen-bond acceptors (Lipinski definition) is 5. The number of nitrogens with zero attached hydrogens (tertiary/aromatic N) is 2. The number of carbonyl (C=O) groups is 2. The van der Waals surface area contributed by atoms with Crippen LogP contribution in [-0.4, -0.2) is 56.0 Å². The Morgan fingerprint density at radius 3 is 2.46 bits per heavy atom. The Bertz CT molecular complexity index is 770. The first-order valence-corrected chi connectivity index (χ1v) is 9.46. The summed E-state index contributed by atoms with van der Waals surface area (Å²) in [5.74, 6) is -0.462. The summed E-state index contributed by atoms with van der Waals surface area (Å²) in [6, 6.07) is 2.30. The van der Waals surface area contributed by atoms with E-state index in [9.17, 15) is 18.4 Å². The van der Waals surface area contributed by atoms with Gasteiger partial charge in [-0.1, -0.05) is 0 Å². The minimum Gasteiger partial charge on any atom is -0.442 e. The molecule has 2 N–H and O–H groups in total. The van der Waals surface area contributed by atoms with E-state index in [4.69, 9.17) is 9.84 Å². The lowest BCUT2D eigenvalue weighted by Crippen LogP contribution is -2.33. The second-order valence-corrected chi connectivity index (χ2v) is 7.72. The van der Waals surface area contributed by atoms with Gasteiger partial charge in [-0.05, 0) is 24.2 Å². The molecular weight excluding hydrogens is 372 g/mol. The first-order valence-electron chi connectivity index (χ1n) is 9.46. The first kappa shape index (κ1) is 18.9. The van der Waals surface area contributed by atoms with Crippen molar-refractivity contribution in [3.05, 3.63) is 23.8 Å². The lowest BCUT2D eigenvalue weighted by atomic mass is 10.1. The molecule has 2 saturated heterocycles. The van der Waals surface area contributed by atoms with Crippen LogP contribution in [0.4, 0.5) is 25.0 Å². The fraction of sp³-hybridized carbons (Fsp3) is 0.579. The number of aliphatic hydroxyl groups is 1. The van der Waals surface area contributed by atoms with E-state index in [1.54, 1.807) is 4.90 Å². The Kier molecular flexibility index (Phi) is 4.86. The number of hydrogen-bond donors (Lipinski definition) is 2. The highest BCUT2D eigenvalue weighted by atomic mass is 19.1. The predicted molar refractivity (Wildman–Crippen MR) is 97.0 cm³/mol. The van der Waals surface area contributed by atoms with Crippen molar-refractivity contribution in [2.75, 3.05) is 42.6 Å². The quantitative estimate of drug-likeness (QED) is 0.763. The molecule has 1 saturated carbocycles. The molecule has 1 aliphatic carbocycles. The number of ether oxygens (including phenoxy) is 1. The van der Waals surface area contributed by atoms with Crippen LogP contribution in [0.1, 0.15) is 13.3 Å². The zero-order valence-electron chi connectivity index (χ0n) is 15.5. The van der Waals surface area contributed by atoms with Gasteiger partial charge in [-0.15, -0.1) is 0 Å².